The smallest absolute Gasteiger partial charge is 0.160 e. The maximum absolute atomic E-state index is 7.50. The minimum Gasteiger partial charge on any atom is -0.455 e. The highest BCUT2D eigenvalue weighted by Gasteiger charge is 2.52. The summed E-state index contributed by atoms with van der Waals surface area (Å²) in [6.07, 6.45) is 12.8. The Balaban J connectivity index is 1.11. The highest BCUT2D eigenvalue weighted by molar-refractivity contribution is 5.93. The van der Waals surface area contributed by atoms with Crippen molar-refractivity contribution in [3.05, 3.63) is 234 Å². The average Bonchev–Trinajstić information content (AvgIpc) is 3.62. The summed E-state index contributed by atoms with van der Waals surface area (Å²) in [5.41, 5.74) is 15.5. The van der Waals surface area contributed by atoms with Crippen molar-refractivity contribution in [1.29, 1.82) is 0 Å². The van der Waals surface area contributed by atoms with Crippen molar-refractivity contribution in [2.24, 2.45) is 10.9 Å². The average molecular weight is 768 g/mol. The largest absolute Gasteiger partial charge is 0.455 e. The minimum atomic E-state index is -0.659. The number of aliphatic imine (C=N–C) groups is 1. The first kappa shape index (κ1) is 34.4. The van der Waals surface area contributed by atoms with E-state index in [4.69, 9.17) is 19.7 Å². The van der Waals surface area contributed by atoms with Gasteiger partial charge in [0.25, 0.3) is 0 Å². The summed E-state index contributed by atoms with van der Waals surface area (Å²) in [6, 6.07) is 62.5. The second kappa shape index (κ2) is 13.7. The van der Waals surface area contributed by atoms with Gasteiger partial charge in [-0.15, -0.1) is 0 Å². The van der Waals surface area contributed by atoms with Crippen LogP contribution in [0.1, 0.15) is 27.8 Å². The molecule has 3 heterocycles. The van der Waals surface area contributed by atoms with Crippen molar-refractivity contribution in [2.75, 3.05) is 0 Å². The summed E-state index contributed by atoms with van der Waals surface area (Å²) in [7, 11) is 0. The molecule has 1 aromatic heterocycles. The van der Waals surface area contributed by atoms with Gasteiger partial charge in [0.05, 0.1) is 22.8 Å². The molecule has 4 heteroatoms. The number of ether oxygens (including phenoxy) is 1. The van der Waals surface area contributed by atoms with E-state index in [2.05, 4.69) is 176 Å². The van der Waals surface area contributed by atoms with Gasteiger partial charge in [-0.1, -0.05) is 188 Å². The van der Waals surface area contributed by atoms with Crippen LogP contribution in [0.25, 0.3) is 61.7 Å². The van der Waals surface area contributed by atoms with E-state index >= 15 is 0 Å². The molecule has 12 rings (SSSR count). The van der Waals surface area contributed by atoms with Gasteiger partial charge in [-0.25, -0.2) is 9.97 Å². The van der Waals surface area contributed by atoms with E-state index in [0.717, 1.165) is 67.4 Å². The Morgan fingerprint density at radius 2 is 0.967 bits per heavy atom. The zero-order valence-electron chi connectivity index (χ0n) is 32.6. The van der Waals surface area contributed by atoms with E-state index in [9.17, 15) is 0 Å². The summed E-state index contributed by atoms with van der Waals surface area (Å²) < 4.78 is 7.50. The topological polar surface area (TPSA) is 47.4 Å². The number of hydrogen-bond acceptors (Lipinski definition) is 4. The van der Waals surface area contributed by atoms with Gasteiger partial charge in [0.2, 0.25) is 0 Å². The first-order valence-corrected chi connectivity index (χ1v) is 20.6. The molecule has 8 aromatic rings. The fraction of sp³-hybridized carbons (Fsp3) is 0.0536. The van der Waals surface area contributed by atoms with Crippen molar-refractivity contribution in [3.63, 3.8) is 0 Å². The third kappa shape index (κ3) is 5.20. The molecule has 4 nitrogen and oxygen atoms in total. The predicted molar refractivity (Wildman–Crippen MR) is 243 cm³/mol. The Morgan fingerprint density at radius 1 is 0.433 bits per heavy atom. The maximum Gasteiger partial charge on any atom is 0.160 e. The second-order valence-electron chi connectivity index (χ2n) is 15.8. The fourth-order valence-corrected chi connectivity index (χ4v) is 9.91. The Hall–Kier alpha value is -7.69. The Bertz CT molecular complexity index is 3080. The molecule has 60 heavy (non-hydrogen) atoms. The number of rotatable bonds is 5. The fourth-order valence-electron chi connectivity index (χ4n) is 9.91. The van der Waals surface area contributed by atoms with Crippen LogP contribution in [0.2, 0.25) is 0 Å². The first-order chi connectivity index (χ1) is 29.8. The van der Waals surface area contributed by atoms with Crippen LogP contribution >= 0.6 is 0 Å². The lowest BCUT2D eigenvalue weighted by Crippen LogP contribution is -2.33. The summed E-state index contributed by atoms with van der Waals surface area (Å²) >= 11 is 0. The number of nitrogens with zero attached hydrogens (tertiary/aromatic N) is 3. The molecule has 0 bridgehead atoms. The third-order valence-corrected chi connectivity index (χ3v) is 12.6. The van der Waals surface area contributed by atoms with Gasteiger partial charge in [-0.2, -0.15) is 0 Å². The molecule has 4 aliphatic rings. The van der Waals surface area contributed by atoms with Gasteiger partial charge in [0, 0.05) is 45.5 Å². The SMILES string of the molecule is C1=CC2C=CC=C(c3cccc4c3Oc3c(-c5cc(-c6ccc(-c7ccccc7)cc6)nc(-c6ccccc6)n5)cccc3C43c4ccccc4-c4ccccc43)C2N=C1. The summed E-state index contributed by atoms with van der Waals surface area (Å²) in [5, 5.41) is 0. The molecule has 0 N–H and O–H groups in total. The molecule has 0 radical (unpaired) electrons. The molecule has 0 amide bonds. The monoisotopic (exact) mass is 767 g/mol. The van der Waals surface area contributed by atoms with Crippen molar-refractivity contribution >= 4 is 11.8 Å². The van der Waals surface area contributed by atoms with Crippen LogP contribution in [0.4, 0.5) is 0 Å². The van der Waals surface area contributed by atoms with Gasteiger partial charge in [-0.3, -0.25) is 4.99 Å². The standard InChI is InChI=1S/C56H37N3O/c1-3-15-36(16-4-1)37-30-32-38(33-31-37)50-35-51(59-55(58-50)40-17-5-2-6-18-40)45-25-13-29-49-54(45)60-53-44(43-23-11-19-39-20-14-34-57-52(39)43)24-12-28-48(53)56(49)46-26-9-7-21-41(46)42-22-8-10-27-47(42)56/h1-35,39,52H. The van der Waals surface area contributed by atoms with Crippen molar-refractivity contribution < 1.29 is 4.74 Å². The predicted octanol–water partition coefficient (Wildman–Crippen LogP) is 13.2. The third-order valence-electron chi connectivity index (χ3n) is 12.6. The minimum absolute atomic E-state index is 0.0445. The lowest BCUT2D eigenvalue weighted by molar-refractivity contribution is 0.436. The summed E-state index contributed by atoms with van der Waals surface area (Å²) in [4.78, 5) is 15.6. The number of hydrogen-bond donors (Lipinski definition) is 0. The second-order valence-corrected chi connectivity index (χ2v) is 15.8. The van der Waals surface area contributed by atoms with E-state index in [-0.39, 0.29) is 12.0 Å². The molecule has 2 unspecified atom stereocenters. The van der Waals surface area contributed by atoms with Gasteiger partial charge >= 0.3 is 0 Å². The molecule has 1 spiro atoms. The van der Waals surface area contributed by atoms with Gasteiger partial charge in [-0.05, 0) is 57.2 Å². The number of aromatic nitrogens is 2. The highest BCUT2D eigenvalue weighted by Crippen LogP contribution is 2.64. The van der Waals surface area contributed by atoms with Crippen LogP contribution in [-0.4, -0.2) is 22.2 Å². The zero-order chi connectivity index (χ0) is 39.6. The molecule has 7 aromatic carbocycles. The quantitative estimate of drug-likeness (QED) is 0.175. The molecular weight excluding hydrogens is 731 g/mol. The Labute approximate surface area is 349 Å². The molecular formula is C56H37N3O. The number of benzene rings is 7. The Morgan fingerprint density at radius 3 is 1.68 bits per heavy atom. The lowest BCUT2D eigenvalue weighted by Gasteiger charge is -2.41. The molecule has 282 valence electrons. The molecule has 2 aliphatic carbocycles. The first-order valence-electron chi connectivity index (χ1n) is 20.6. The molecule has 0 saturated heterocycles. The maximum atomic E-state index is 7.50. The normalized spacial score (nSPS) is 17.2. The number of dihydropyridines is 1. The van der Waals surface area contributed by atoms with E-state index < -0.39 is 5.41 Å². The van der Waals surface area contributed by atoms with E-state index in [0.29, 0.717) is 5.82 Å². The molecule has 0 saturated carbocycles. The zero-order valence-corrected chi connectivity index (χ0v) is 32.6. The number of allylic oxidation sites excluding steroid dienone is 3. The van der Waals surface area contributed by atoms with Crippen LogP contribution in [0, 0.1) is 5.92 Å². The van der Waals surface area contributed by atoms with Crippen LogP contribution < -0.4 is 4.74 Å². The van der Waals surface area contributed by atoms with Crippen molar-refractivity contribution in [1.82, 2.24) is 9.97 Å². The van der Waals surface area contributed by atoms with Crippen molar-refractivity contribution in [2.45, 2.75) is 11.5 Å². The summed E-state index contributed by atoms with van der Waals surface area (Å²) in [6.45, 7) is 0. The van der Waals surface area contributed by atoms with Crippen LogP contribution in [-0.2, 0) is 5.41 Å². The van der Waals surface area contributed by atoms with Gasteiger partial charge < -0.3 is 4.74 Å². The van der Waals surface area contributed by atoms with Crippen LogP contribution in [0.3, 0.4) is 0 Å². The lowest BCUT2D eigenvalue weighted by atomic mass is 9.65. The highest BCUT2D eigenvalue weighted by atomic mass is 16.5. The van der Waals surface area contributed by atoms with Crippen LogP contribution in [0.5, 0.6) is 11.5 Å². The van der Waals surface area contributed by atoms with Gasteiger partial charge in [0.1, 0.15) is 11.5 Å². The van der Waals surface area contributed by atoms with E-state index in [1.54, 1.807) is 0 Å². The number of para-hydroxylation sites is 2. The summed E-state index contributed by atoms with van der Waals surface area (Å²) in [5.74, 6) is 2.48. The number of fused-ring (bicyclic) bond motifs is 10. The van der Waals surface area contributed by atoms with Crippen LogP contribution in [0.15, 0.2) is 211 Å². The molecule has 2 atom stereocenters. The molecule has 0 fully saturated rings. The Kier molecular flexibility index (Phi) is 7.85. The van der Waals surface area contributed by atoms with Crippen molar-refractivity contribution in [3.8, 4) is 67.7 Å². The van der Waals surface area contributed by atoms with E-state index in [1.807, 2.05) is 36.6 Å². The molecule has 2 aliphatic heterocycles. The van der Waals surface area contributed by atoms with E-state index in [1.165, 1.54) is 27.8 Å². The van der Waals surface area contributed by atoms with Gasteiger partial charge in [0.15, 0.2) is 5.82 Å².